The second kappa shape index (κ2) is 3.57. The molecule has 11 heavy (non-hydrogen) atoms. The molecule has 0 aromatic rings. The van der Waals surface area contributed by atoms with Crippen LogP contribution >= 0.6 is 0 Å². The third-order valence-corrected chi connectivity index (χ3v) is 2.12. The fourth-order valence-electron chi connectivity index (χ4n) is 1.51. The Bertz CT molecular complexity index is 145. The van der Waals surface area contributed by atoms with Gasteiger partial charge in [-0.1, -0.05) is 0 Å². The molecule has 4 nitrogen and oxygen atoms in total. The van der Waals surface area contributed by atoms with E-state index in [-0.39, 0.29) is 5.96 Å². The monoisotopic (exact) mass is 156 g/mol. The van der Waals surface area contributed by atoms with E-state index in [1.54, 1.807) is 0 Å². The average molecular weight is 156 g/mol. The highest BCUT2D eigenvalue weighted by Gasteiger charge is 2.21. The van der Waals surface area contributed by atoms with Crippen molar-refractivity contribution in [2.45, 2.75) is 6.42 Å². The molecule has 1 unspecified atom stereocenters. The number of likely N-dealkylation sites (tertiary alicyclic amines) is 1. The summed E-state index contributed by atoms with van der Waals surface area (Å²) in [6, 6.07) is 0. The minimum absolute atomic E-state index is 0.212. The van der Waals surface area contributed by atoms with E-state index in [4.69, 9.17) is 11.1 Å². The molecular weight excluding hydrogens is 140 g/mol. The van der Waals surface area contributed by atoms with Crippen molar-refractivity contribution < 1.29 is 0 Å². The molecule has 1 saturated heterocycles. The van der Waals surface area contributed by atoms with Gasteiger partial charge in [0.1, 0.15) is 0 Å². The van der Waals surface area contributed by atoms with Gasteiger partial charge in [-0.3, -0.25) is 5.41 Å². The van der Waals surface area contributed by atoms with Crippen LogP contribution in [0.5, 0.6) is 0 Å². The van der Waals surface area contributed by atoms with Gasteiger partial charge in [0.15, 0.2) is 5.96 Å². The number of nitrogens with one attached hydrogen (secondary N) is 2. The summed E-state index contributed by atoms with van der Waals surface area (Å²) in [5.41, 5.74) is 5.34. The quantitative estimate of drug-likeness (QED) is 0.370. The van der Waals surface area contributed by atoms with Crippen LogP contribution in [0.2, 0.25) is 0 Å². The predicted molar refractivity (Wildman–Crippen MR) is 45.5 cm³/mol. The van der Waals surface area contributed by atoms with Gasteiger partial charge in [0, 0.05) is 13.1 Å². The first kappa shape index (κ1) is 8.33. The highest BCUT2D eigenvalue weighted by molar-refractivity contribution is 5.74. The number of hydrogen-bond donors (Lipinski definition) is 3. The van der Waals surface area contributed by atoms with Crippen LogP contribution in [0.15, 0.2) is 0 Å². The van der Waals surface area contributed by atoms with Crippen molar-refractivity contribution >= 4 is 5.96 Å². The van der Waals surface area contributed by atoms with Crippen LogP contribution < -0.4 is 11.1 Å². The Kier molecular flexibility index (Phi) is 2.70. The molecule has 4 N–H and O–H groups in total. The molecule has 1 aliphatic rings. The van der Waals surface area contributed by atoms with E-state index >= 15 is 0 Å². The molecule has 0 spiro atoms. The van der Waals surface area contributed by atoms with Gasteiger partial charge in [-0.15, -0.1) is 0 Å². The molecule has 0 amide bonds. The average Bonchev–Trinajstić information content (AvgIpc) is 2.37. The number of nitrogens with zero attached hydrogens (tertiary/aromatic N) is 1. The number of guanidine groups is 1. The number of nitrogens with two attached hydrogens (primary N) is 1. The lowest BCUT2D eigenvalue weighted by Crippen LogP contribution is -2.35. The Morgan fingerprint density at radius 2 is 2.55 bits per heavy atom. The van der Waals surface area contributed by atoms with Crippen LogP contribution in [0.1, 0.15) is 6.42 Å². The Labute approximate surface area is 67.3 Å². The second-order valence-corrected chi connectivity index (χ2v) is 3.04. The van der Waals surface area contributed by atoms with Crippen molar-refractivity contribution in [1.29, 1.82) is 5.41 Å². The predicted octanol–water partition coefficient (Wildman–Crippen LogP) is -0.579. The summed E-state index contributed by atoms with van der Waals surface area (Å²) in [4.78, 5) is 1.92. The van der Waals surface area contributed by atoms with Gasteiger partial charge in [0.05, 0.1) is 0 Å². The maximum atomic E-state index is 7.20. The summed E-state index contributed by atoms with van der Waals surface area (Å²) < 4.78 is 0. The number of rotatable bonds is 2. The minimum Gasteiger partial charge on any atom is -0.370 e. The van der Waals surface area contributed by atoms with Crippen molar-refractivity contribution in [2.24, 2.45) is 11.7 Å². The van der Waals surface area contributed by atoms with Gasteiger partial charge in [0.2, 0.25) is 0 Å². The highest BCUT2D eigenvalue weighted by Crippen LogP contribution is 2.13. The SMILES string of the molecule is CNCC1CCN(C(=N)N)C1. The van der Waals surface area contributed by atoms with Gasteiger partial charge in [-0.05, 0) is 25.9 Å². The van der Waals surface area contributed by atoms with E-state index in [1.807, 2.05) is 11.9 Å². The first-order valence-corrected chi connectivity index (χ1v) is 3.97. The zero-order valence-corrected chi connectivity index (χ0v) is 6.93. The summed E-state index contributed by atoms with van der Waals surface area (Å²) in [6.07, 6.45) is 1.15. The van der Waals surface area contributed by atoms with Crippen LogP contribution in [0.25, 0.3) is 0 Å². The van der Waals surface area contributed by atoms with E-state index in [0.717, 1.165) is 26.1 Å². The molecule has 1 fully saturated rings. The lowest BCUT2D eigenvalue weighted by Gasteiger charge is -2.15. The van der Waals surface area contributed by atoms with Crippen molar-refractivity contribution in [2.75, 3.05) is 26.7 Å². The maximum absolute atomic E-state index is 7.20. The Hall–Kier alpha value is -0.770. The largest absolute Gasteiger partial charge is 0.370 e. The van der Waals surface area contributed by atoms with E-state index in [1.165, 1.54) is 0 Å². The smallest absolute Gasteiger partial charge is 0.188 e. The second-order valence-electron chi connectivity index (χ2n) is 3.04. The molecule has 0 aromatic heterocycles. The van der Waals surface area contributed by atoms with Crippen molar-refractivity contribution in [1.82, 2.24) is 10.2 Å². The molecule has 0 aliphatic carbocycles. The van der Waals surface area contributed by atoms with Crippen molar-refractivity contribution in [3.05, 3.63) is 0 Å². The Balaban J connectivity index is 2.29. The summed E-state index contributed by atoms with van der Waals surface area (Å²) in [6.45, 7) is 2.92. The molecule has 1 rings (SSSR count). The molecular formula is C7H16N4. The molecule has 64 valence electrons. The van der Waals surface area contributed by atoms with Crippen LogP contribution in [0.3, 0.4) is 0 Å². The van der Waals surface area contributed by atoms with Crippen molar-refractivity contribution in [3.8, 4) is 0 Å². The van der Waals surface area contributed by atoms with Gasteiger partial charge < -0.3 is 16.0 Å². The van der Waals surface area contributed by atoms with Gasteiger partial charge in [-0.25, -0.2) is 0 Å². The van der Waals surface area contributed by atoms with Gasteiger partial charge in [-0.2, -0.15) is 0 Å². The van der Waals surface area contributed by atoms with E-state index in [9.17, 15) is 0 Å². The summed E-state index contributed by atoms with van der Waals surface area (Å²) in [5, 5.41) is 10.3. The molecule has 1 aliphatic heterocycles. The molecule has 1 atom stereocenters. The molecule has 0 saturated carbocycles. The van der Waals surface area contributed by atoms with E-state index in [0.29, 0.717) is 5.92 Å². The Morgan fingerprint density at radius 1 is 1.82 bits per heavy atom. The summed E-state index contributed by atoms with van der Waals surface area (Å²) in [7, 11) is 1.95. The standard InChI is InChI=1S/C7H16N4/c1-10-4-6-2-3-11(5-6)7(8)9/h6,10H,2-5H2,1H3,(H3,8,9). The van der Waals surface area contributed by atoms with Crippen LogP contribution in [-0.2, 0) is 0 Å². The fraction of sp³-hybridized carbons (Fsp3) is 0.857. The van der Waals surface area contributed by atoms with E-state index in [2.05, 4.69) is 5.32 Å². The lowest BCUT2D eigenvalue weighted by molar-refractivity contribution is 0.462. The van der Waals surface area contributed by atoms with Crippen LogP contribution in [-0.4, -0.2) is 37.5 Å². The summed E-state index contributed by atoms with van der Waals surface area (Å²) >= 11 is 0. The zero-order valence-electron chi connectivity index (χ0n) is 6.93. The maximum Gasteiger partial charge on any atom is 0.188 e. The highest BCUT2D eigenvalue weighted by atomic mass is 15.2. The third kappa shape index (κ3) is 2.08. The zero-order chi connectivity index (χ0) is 8.27. The minimum atomic E-state index is 0.212. The van der Waals surface area contributed by atoms with Crippen molar-refractivity contribution in [3.63, 3.8) is 0 Å². The molecule has 0 bridgehead atoms. The molecule has 0 aromatic carbocycles. The molecule has 4 heteroatoms. The number of hydrogen-bond acceptors (Lipinski definition) is 2. The van der Waals surface area contributed by atoms with E-state index < -0.39 is 0 Å². The fourth-order valence-corrected chi connectivity index (χ4v) is 1.51. The van der Waals surface area contributed by atoms with Crippen LogP contribution in [0.4, 0.5) is 0 Å². The third-order valence-electron chi connectivity index (χ3n) is 2.12. The summed E-state index contributed by atoms with van der Waals surface area (Å²) in [5.74, 6) is 0.882. The topological polar surface area (TPSA) is 65.1 Å². The first-order chi connectivity index (χ1) is 5.24. The molecule has 0 radical (unpaired) electrons. The van der Waals surface area contributed by atoms with Gasteiger partial charge in [0.25, 0.3) is 0 Å². The first-order valence-electron chi connectivity index (χ1n) is 3.97. The normalized spacial score (nSPS) is 24.1. The van der Waals surface area contributed by atoms with Gasteiger partial charge >= 0.3 is 0 Å². The Morgan fingerprint density at radius 3 is 3.00 bits per heavy atom. The molecule has 1 heterocycles. The lowest BCUT2D eigenvalue weighted by atomic mass is 10.1. The van der Waals surface area contributed by atoms with Crippen LogP contribution in [0, 0.1) is 11.3 Å².